The third-order valence-corrected chi connectivity index (χ3v) is 3.12. The minimum absolute atomic E-state index is 0.0703. The molecule has 0 amide bonds. The van der Waals surface area contributed by atoms with E-state index in [0.717, 1.165) is 11.3 Å². The first-order chi connectivity index (χ1) is 9.66. The Hall–Kier alpha value is -1.56. The molecular formula is C15H17F3O3. The van der Waals surface area contributed by atoms with Gasteiger partial charge in [0.1, 0.15) is 18.0 Å². The molecule has 0 unspecified atom stereocenters. The number of ether oxygens (including phenoxy) is 2. The monoisotopic (exact) mass is 302 g/mol. The number of hydrogen-bond donors (Lipinski definition) is 0. The zero-order valence-corrected chi connectivity index (χ0v) is 11.9. The van der Waals surface area contributed by atoms with Gasteiger partial charge in [-0.15, -0.1) is 0 Å². The average Bonchev–Trinajstić information content (AvgIpc) is 2.65. The first-order valence-electron chi connectivity index (χ1n) is 6.66. The molecule has 0 saturated carbocycles. The third-order valence-electron chi connectivity index (χ3n) is 3.12. The van der Waals surface area contributed by atoms with Gasteiger partial charge in [-0.2, -0.15) is 13.2 Å². The number of halogens is 3. The average molecular weight is 302 g/mol. The van der Waals surface area contributed by atoms with Crippen LogP contribution in [0.2, 0.25) is 0 Å². The molecule has 21 heavy (non-hydrogen) atoms. The minimum Gasteiger partial charge on any atom is -0.487 e. The summed E-state index contributed by atoms with van der Waals surface area (Å²) < 4.78 is 45.9. The van der Waals surface area contributed by atoms with Gasteiger partial charge < -0.3 is 9.47 Å². The Morgan fingerprint density at radius 3 is 2.76 bits per heavy atom. The van der Waals surface area contributed by atoms with E-state index < -0.39 is 12.8 Å². The van der Waals surface area contributed by atoms with Crippen molar-refractivity contribution in [2.24, 2.45) is 0 Å². The highest BCUT2D eigenvalue weighted by Crippen LogP contribution is 2.35. The summed E-state index contributed by atoms with van der Waals surface area (Å²) >= 11 is 0. The van der Waals surface area contributed by atoms with Crippen LogP contribution in [0.15, 0.2) is 18.2 Å². The van der Waals surface area contributed by atoms with E-state index in [-0.39, 0.29) is 24.4 Å². The van der Waals surface area contributed by atoms with Gasteiger partial charge in [-0.3, -0.25) is 4.79 Å². The fraction of sp³-hybridized carbons (Fsp3) is 0.533. The summed E-state index contributed by atoms with van der Waals surface area (Å²) in [5.74, 6) is 0.523. The lowest BCUT2D eigenvalue weighted by Gasteiger charge is -2.16. The maximum absolute atomic E-state index is 11.9. The molecule has 0 spiro atoms. The minimum atomic E-state index is -4.36. The molecule has 0 fully saturated rings. The zero-order valence-electron chi connectivity index (χ0n) is 11.9. The van der Waals surface area contributed by atoms with Crippen molar-refractivity contribution < 1.29 is 27.4 Å². The van der Waals surface area contributed by atoms with Gasteiger partial charge in [-0.1, -0.05) is 0 Å². The highest BCUT2D eigenvalue weighted by Gasteiger charge is 2.30. The lowest BCUT2D eigenvalue weighted by Crippen LogP contribution is -2.24. The van der Waals surface area contributed by atoms with Crippen molar-refractivity contribution in [3.05, 3.63) is 29.3 Å². The van der Waals surface area contributed by atoms with Crippen LogP contribution in [0.3, 0.4) is 0 Å². The Labute approximate surface area is 121 Å². The molecule has 1 heterocycles. The van der Waals surface area contributed by atoms with Gasteiger partial charge in [-0.05, 0) is 37.6 Å². The molecule has 2 rings (SSSR count). The quantitative estimate of drug-likeness (QED) is 0.616. The Morgan fingerprint density at radius 1 is 1.38 bits per heavy atom. The van der Waals surface area contributed by atoms with E-state index >= 15 is 0 Å². The normalized spacial score (nSPS) is 16.4. The maximum Gasteiger partial charge on any atom is 0.411 e. The van der Waals surface area contributed by atoms with Crippen molar-refractivity contribution in [3.8, 4) is 5.75 Å². The highest BCUT2D eigenvalue weighted by atomic mass is 19.4. The van der Waals surface area contributed by atoms with Crippen LogP contribution in [0.25, 0.3) is 0 Å². The largest absolute Gasteiger partial charge is 0.487 e. The van der Waals surface area contributed by atoms with Crippen LogP contribution in [-0.2, 0) is 11.2 Å². The molecular weight excluding hydrogens is 285 g/mol. The summed E-state index contributed by atoms with van der Waals surface area (Å²) in [5.41, 5.74) is 1.13. The molecule has 3 nitrogen and oxygen atoms in total. The number of hydrogen-bond acceptors (Lipinski definition) is 3. The van der Waals surface area contributed by atoms with E-state index in [1.54, 1.807) is 18.2 Å². The van der Waals surface area contributed by atoms with Crippen molar-refractivity contribution in [3.63, 3.8) is 0 Å². The number of carbonyl (C=O) groups excluding carboxylic acids is 1. The molecule has 0 saturated heterocycles. The second kappa shape index (κ2) is 5.67. The number of benzene rings is 1. The molecule has 0 bridgehead atoms. The van der Waals surface area contributed by atoms with Crippen LogP contribution in [0.1, 0.15) is 36.2 Å². The van der Waals surface area contributed by atoms with Crippen molar-refractivity contribution in [2.45, 2.75) is 38.5 Å². The molecule has 0 aromatic heterocycles. The molecule has 0 atom stereocenters. The lowest BCUT2D eigenvalue weighted by atomic mass is 9.98. The summed E-state index contributed by atoms with van der Waals surface area (Å²) in [5, 5.41) is 0. The second-order valence-corrected chi connectivity index (χ2v) is 5.70. The molecule has 1 aromatic rings. The number of Topliss-reactive ketones (excluding diaryl/α,β-unsaturated/α-hetero) is 1. The number of fused-ring (bicyclic) bond motifs is 1. The van der Waals surface area contributed by atoms with E-state index in [9.17, 15) is 18.0 Å². The maximum atomic E-state index is 11.9. The fourth-order valence-electron chi connectivity index (χ4n) is 2.28. The molecule has 6 heteroatoms. The van der Waals surface area contributed by atoms with Crippen molar-refractivity contribution >= 4 is 5.78 Å². The van der Waals surface area contributed by atoms with Gasteiger partial charge in [-0.25, -0.2) is 0 Å². The first-order valence-corrected chi connectivity index (χ1v) is 6.66. The van der Waals surface area contributed by atoms with Crippen LogP contribution in [0, 0.1) is 0 Å². The molecule has 1 aromatic carbocycles. The highest BCUT2D eigenvalue weighted by molar-refractivity contribution is 5.96. The molecule has 0 N–H and O–H groups in total. The molecule has 116 valence electrons. The van der Waals surface area contributed by atoms with Gasteiger partial charge in [0.15, 0.2) is 5.78 Å². The van der Waals surface area contributed by atoms with Crippen LogP contribution >= 0.6 is 0 Å². The van der Waals surface area contributed by atoms with Gasteiger partial charge in [0.25, 0.3) is 0 Å². The third kappa shape index (κ3) is 4.46. The Kier molecular flexibility index (Phi) is 4.27. The second-order valence-electron chi connectivity index (χ2n) is 5.70. The lowest BCUT2D eigenvalue weighted by molar-refractivity contribution is -0.173. The summed E-state index contributed by atoms with van der Waals surface area (Å²) in [7, 11) is 0. The predicted molar refractivity (Wildman–Crippen MR) is 70.7 cm³/mol. The van der Waals surface area contributed by atoms with E-state index in [2.05, 4.69) is 4.74 Å². The van der Waals surface area contributed by atoms with E-state index in [4.69, 9.17) is 4.74 Å². The fourth-order valence-corrected chi connectivity index (χ4v) is 2.28. The van der Waals surface area contributed by atoms with Gasteiger partial charge in [0.05, 0.1) is 6.61 Å². The van der Waals surface area contributed by atoms with Crippen LogP contribution in [0.4, 0.5) is 13.2 Å². The predicted octanol–water partition coefficient (Wildman–Crippen LogP) is 3.55. The molecule has 1 aliphatic heterocycles. The summed E-state index contributed by atoms with van der Waals surface area (Å²) in [4.78, 5) is 11.9. The van der Waals surface area contributed by atoms with Crippen LogP contribution in [-0.4, -0.2) is 30.8 Å². The molecule has 1 aliphatic rings. The SMILES string of the molecule is CC1(C)Cc2cc(C(=O)CCOCC(F)(F)F)ccc2O1. The van der Waals surface area contributed by atoms with Gasteiger partial charge in [0, 0.05) is 18.4 Å². The Bertz CT molecular complexity index is 535. The van der Waals surface area contributed by atoms with Crippen molar-refractivity contribution in [2.75, 3.05) is 13.2 Å². The summed E-state index contributed by atoms with van der Waals surface area (Å²) in [6, 6.07) is 5.11. The van der Waals surface area contributed by atoms with Crippen molar-refractivity contribution in [1.29, 1.82) is 0 Å². The summed E-state index contributed by atoms with van der Waals surface area (Å²) in [6.07, 6.45) is -3.73. The van der Waals surface area contributed by atoms with Gasteiger partial charge >= 0.3 is 6.18 Å². The smallest absolute Gasteiger partial charge is 0.411 e. The Balaban J connectivity index is 1.90. The van der Waals surface area contributed by atoms with E-state index in [0.29, 0.717) is 12.0 Å². The Morgan fingerprint density at radius 2 is 2.10 bits per heavy atom. The summed E-state index contributed by atoms with van der Waals surface area (Å²) in [6.45, 7) is 2.35. The number of carbonyl (C=O) groups is 1. The number of alkyl halides is 3. The van der Waals surface area contributed by atoms with E-state index in [1.807, 2.05) is 13.8 Å². The van der Waals surface area contributed by atoms with Crippen LogP contribution in [0.5, 0.6) is 5.75 Å². The van der Waals surface area contributed by atoms with Crippen LogP contribution < -0.4 is 4.74 Å². The topological polar surface area (TPSA) is 35.5 Å². The van der Waals surface area contributed by atoms with E-state index in [1.165, 1.54) is 0 Å². The number of rotatable bonds is 5. The first kappa shape index (κ1) is 15.8. The number of ketones is 1. The van der Waals surface area contributed by atoms with Crippen molar-refractivity contribution in [1.82, 2.24) is 0 Å². The molecule has 0 radical (unpaired) electrons. The molecule has 0 aliphatic carbocycles. The standard InChI is InChI=1S/C15H17F3O3/c1-14(2)8-11-7-10(3-4-13(11)21-14)12(19)5-6-20-9-15(16,17)18/h3-4,7H,5-6,8-9H2,1-2H3. The van der Waals surface area contributed by atoms with Gasteiger partial charge in [0.2, 0.25) is 0 Å². The zero-order chi connectivity index (χ0) is 15.7.